The van der Waals surface area contributed by atoms with Crippen molar-refractivity contribution in [3.63, 3.8) is 0 Å². The van der Waals surface area contributed by atoms with E-state index in [4.69, 9.17) is 0 Å². The summed E-state index contributed by atoms with van der Waals surface area (Å²) in [6.07, 6.45) is 10.7. The highest BCUT2D eigenvalue weighted by atomic mass is 15.0. The van der Waals surface area contributed by atoms with E-state index in [1.165, 1.54) is 64.2 Å². The summed E-state index contributed by atoms with van der Waals surface area (Å²) < 4.78 is 2.49. The fourth-order valence-electron chi connectivity index (χ4n) is 3.91. The van der Waals surface area contributed by atoms with Crippen LogP contribution in [0.25, 0.3) is 39.0 Å². The molecule has 0 radical (unpaired) electrons. The van der Waals surface area contributed by atoms with E-state index >= 15 is 0 Å². The van der Waals surface area contributed by atoms with E-state index in [2.05, 4.69) is 71.6 Å². The van der Waals surface area contributed by atoms with Crippen molar-refractivity contribution in [1.29, 1.82) is 0 Å². The third-order valence-corrected chi connectivity index (χ3v) is 5.37. The number of aryl methyl sites for hydroxylation is 1. The van der Waals surface area contributed by atoms with E-state index in [9.17, 15) is 0 Å². The van der Waals surface area contributed by atoms with Gasteiger partial charge in [0.1, 0.15) is 0 Å². The van der Waals surface area contributed by atoms with Crippen LogP contribution in [-0.2, 0) is 6.54 Å². The topological polar surface area (TPSA) is 17.8 Å². The average molecular weight is 354 g/mol. The van der Waals surface area contributed by atoms with E-state index < -0.39 is 0 Å². The third kappa shape index (κ3) is 3.40. The molecule has 4 aromatic rings. The molecule has 2 heterocycles. The predicted octanol–water partition coefficient (Wildman–Crippen LogP) is 7.08. The zero-order valence-electron chi connectivity index (χ0n) is 16.0. The lowest BCUT2D eigenvalue weighted by Crippen LogP contribution is -1.97. The highest BCUT2D eigenvalue weighted by Gasteiger charge is 2.12. The van der Waals surface area contributed by atoms with Crippen molar-refractivity contribution < 1.29 is 0 Å². The van der Waals surface area contributed by atoms with Crippen LogP contribution in [0.3, 0.4) is 0 Å². The molecule has 0 aliphatic carbocycles. The molecular weight excluding hydrogens is 328 g/mol. The lowest BCUT2D eigenvalue weighted by molar-refractivity contribution is 0.602. The Bertz CT molecular complexity index is 1070. The van der Waals surface area contributed by atoms with Gasteiger partial charge in [0.05, 0.1) is 0 Å². The molecule has 4 rings (SSSR count). The minimum atomic E-state index is 1.07. The number of benzene rings is 2. The van der Waals surface area contributed by atoms with Crippen LogP contribution in [0.5, 0.6) is 0 Å². The number of aromatic nitrogens is 2. The first-order valence-electron chi connectivity index (χ1n) is 9.90. The molecule has 27 heavy (non-hydrogen) atoms. The van der Waals surface area contributed by atoms with E-state index in [0.29, 0.717) is 0 Å². The lowest BCUT2D eigenvalue weighted by atomic mass is 10.0. The SMILES string of the molecule is C=Cc1ccc2c(c1)c1cc(-c3ccncc3)ccc1n2CCCCCC. The Balaban J connectivity index is 1.86. The van der Waals surface area contributed by atoms with E-state index in [0.717, 1.165) is 6.54 Å². The maximum absolute atomic E-state index is 4.14. The molecule has 2 nitrogen and oxygen atoms in total. The molecule has 0 amide bonds. The highest BCUT2D eigenvalue weighted by molar-refractivity contribution is 6.09. The summed E-state index contributed by atoms with van der Waals surface area (Å²) in [5.74, 6) is 0. The van der Waals surface area contributed by atoms with Crippen molar-refractivity contribution >= 4 is 27.9 Å². The van der Waals surface area contributed by atoms with E-state index in [1.54, 1.807) is 0 Å². The molecule has 2 aromatic heterocycles. The van der Waals surface area contributed by atoms with Crippen LogP contribution in [-0.4, -0.2) is 9.55 Å². The summed E-state index contributed by atoms with van der Waals surface area (Å²) in [6.45, 7) is 7.28. The number of fused-ring (bicyclic) bond motifs is 3. The molecule has 0 N–H and O–H groups in total. The fourth-order valence-corrected chi connectivity index (χ4v) is 3.91. The van der Waals surface area contributed by atoms with Crippen LogP contribution in [0.15, 0.2) is 67.5 Å². The van der Waals surface area contributed by atoms with Gasteiger partial charge in [-0.25, -0.2) is 0 Å². The first kappa shape index (κ1) is 17.5. The van der Waals surface area contributed by atoms with Gasteiger partial charge in [-0.2, -0.15) is 0 Å². The van der Waals surface area contributed by atoms with Gasteiger partial charge in [0.25, 0.3) is 0 Å². The molecule has 2 aromatic carbocycles. The van der Waals surface area contributed by atoms with Gasteiger partial charge in [0.2, 0.25) is 0 Å². The number of pyridine rings is 1. The van der Waals surface area contributed by atoms with Crippen LogP contribution < -0.4 is 0 Å². The second kappa shape index (κ2) is 7.79. The second-order valence-corrected chi connectivity index (χ2v) is 7.16. The van der Waals surface area contributed by atoms with Crippen LogP contribution in [0.2, 0.25) is 0 Å². The van der Waals surface area contributed by atoms with Crippen LogP contribution >= 0.6 is 0 Å². The molecule has 0 unspecified atom stereocenters. The minimum Gasteiger partial charge on any atom is -0.340 e. The van der Waals surface area contributed by atoms with E-state index in [1.807, 2.05) is 18.5 Å². The van der Waals surface area contributed by atoms with Crippen molar-refractivity contribution in [2.24, 2.45) is 0 Å². The Kier molecular flexibility index (Phi) is 5.06. The molecule has 0 bridgehead atoms. The van der Waals surface area contributed by atoms with Crippen LogP contribution in [0, 0.1) is 0 Å². The summed E-state index contributed by atoms with van der Waals surface area (Å²) >= 11 is 0. The number of hydrogen-bond acceptors (Lipinski definition) is 1. The molecule has 0 saturated carbocycles. The van der Waals surface area contributed by atoms with Gasteiger partial charge in [0.15, 0.2) is 0 Å². The number of hydrogen-bond donors (Lipinski definition) is 0. The zero-order valence-corrected chi connectivity index (χ0v) is 16.0. The quantitative estimate of drug-likeness (QED) is 0.324. The second-order valence-electron chi connectivity index (χ2n) is 7.16. The van der Waals surface area contributed by atoms with Gasteiger partial charge in [-0.15, -0.1) is 0 Å². The van der Waals surface area contributed by atoms with Crippen molar-refractivity contribution in [3.8, 4) is 11.1 Å². The van der Waals surface area contributed by atoms with Crippen LogP contribution in [0.4, 0.5) is 0 Å². The number of unbranched alkanes of at least 4 members (excludes halogenated alkanes) is 3. The monoisotopic (exact) mass is 354 g/mol. The maximum atomic E-state index is 4.14. The predicted molar refractivity (Wildman–Crippen MR) is 117 cm³/mol. The largest absolute Gasteiger partial charge is 0.340 e. The van der Waals surface area contributed by atoms with Crippen molar-refractivity contribution in [3.05, 3.63) is 73.1 Å². The summed E-state index contributed by atoms with van der Waals surface area (Å²) in [4.78, 5) is 4.14. The van der Waals surface area contributed by atoms with Gasteiger partial charge < -0.3 is 4.57 Å². The highest BCUT2D eigenvalue weighted by Crippen LogP contribution is 2.33. The van der Waals surface area contributed by atoms with Gasteiger partial charge in [-0.1, -0.05) is 51.0 Å². The summed E-state index contributed by atoms with van der Waals surface area (Å²) in [5, 5.41) is 2.63. The smallest absolute Gasteiger partial charge is 0.0491 e. The maximum Gasteiger partial charge on any atom is 0.0491 e. The van der Waals surface area contributed by atoms with Crippen molar-refractivity contribution in [2.75, 3.05) is 0 Å². The molecule has 0 fully saturated rings. The average Bonchev–Trinajstić information content (AvgIpc) is 3.04. The summed E-state index contributed by atoms with van der Waals surface area (Å²) in [7, 11) is 0. The fraction of sp³-hybridized carbons (Fsp3) is 0.240. The Hall–Kier alpha value is -2.87. The normalized spacial score (nSPS) is 11.3. The minimum absolute atomic E-state index is 1.07. The molecular formula is C25H26N2. The molecule has 136 valence electrons. The molecule has 0 spiro atoms. The standard InChI is InChI=1S/C25H26N2/c1-3-5-6-7-16-27-24-10-8-19(4-2)17-22(24)23-18-21(9-11-25(23)27)20-12-14-26-15-13-20/h4,8-15,17-18H,2-3,5-7,16H2,1H3. The van der Waals surface area contributed by atoms with Gasteiger partial charge >= 0.3 is 0 Å². The zero-order chi connectivity index (χ0) is 18.6. The lowest BCUT2D eigenvalue weighted by Gasteiger charge is -2.08. The molecule has 0 aliphatic heterocycles. The summed E-state index contributed by atoms with van der Waals surface area (Å²) in [6, 6.07) is 17.7. The summed E-state index contributed by atoms with van der Waals surface area (Å²) in [5.41, 5.74) is 6.25. The van der Waals surface area contributed by atoms with Crippen molar-refractivity contribution in [2.45, 2.75) is 39.2 Å². The Morgan fingerprint density at radius 1 is 0.852 bits per heavy atom. The van der Waals surface area contributed by atoms with Gasteiger partial charge in [0, 0.05) is 40.7 Å². The Morgan fingerprint density at radius 2 is 1.59 bits per heavy atom. The van der Waals surface area contributed by atoms with Crippen molar-refractivity contribution in [1.82, 2.24) is 9.55 Å². The van der Waals surface area contributed by atoms with E-state index in [-0.39, 0.29) is 0 Å². The molecule has 2 heteroatoms. The Morgan fingerprint density at radius 3 is 2.33 bits per heavy atom. The Labute approximate surface area is 161 Å². The van der Waals surface area contributed by atoms with Gasteiger partial charge in [-0.3, -0.25) is 4.98 Å². The first-order valence-corrected chi connectivity index (χ1v) is 9.90. The van der Waals surface area contributed by atoms with Gasteiger partial charge in [-0.05, 0) is 59.5 Å². The van der Waals surface area contributed by atoms with Crippen LogP contribution in [0.1, 0.15) is 38.2 Å². The third-order valence-electron chi connectivity index (χ3n) is 5.37. The molecule has 0 aliphatic rings. The number of nitrogens with zero attached hydrogens (tertiary/aromatic N) is 2. The molecule has 0 atom stereocenters. The first-order chi connectivity index (χ1) is 13.3. The number of rotatable bonds is 7. The molecule has 0 saturated heterocycles.